The zero-order chi connectivity index (χ0) is 18.8. The van der Waals surface area contributed by atoms with Gasteiger partial charge < -0.3 is 4.74 Å². The molecule has 0 atom stereocenters. The van der Waals surface area contributed by atoms with E-state index in [4.69, 9.17) is 4.74 Å². The third-order valence-electron chi connectivity index (χ3n) is 3.16. The molecule has 8 heteroatoms. The molecule has 132 valence electrons. The number of carbonyl (C=O) groups is 1. The van der Waals surface area contributed by atoms with Gasteiger partial charge in [-0.15, -0.1) is 0 Å². The number of hydrogen-bond donors (Lipinski definition) is 0. The van der Waals surface area contributed by atoms with Crippen LogP contribution in [0.3, 0.4) is 0 Å². The Morgan fingerprint density at radius 2 is 1.72 bits per heavy atom. The standard InChI is InChI=1S/C17H16F2N2O4/c1-16(2,3)25-15(22)17(18,19)13-8-12(9-14(10-13)21(23)24)11-4-6-20-7-5-11/h4-10H,1-3H3. The summed E-state index contributed by atoms with van der Waals surface area (Å²) in [6, 6.07) is 5.91. The lowest BCUT2D eigenvalue weighted by Gasteiger charge is -2.24. The van der Waals surface area contributed by atoms with Crippen LogP contribution in [-0.2, 0) is 15.5 Å². The number of hydrogen-bond acceptors (Lipinski definition) is 5. The van der Waals surface area contributed by atoms with Crippen LogP contribution >= 0.6 is 0 Å². The normalized spacial score (nSPS) is 11.9. The molecule has 0 aliphatic rings. The number of rotatable bonds is 4. The van der Waals surface area contributed by atoms with Crippen molar-refractivity contribution >= 4 is 11.7 Å². The van der Waals surface area contributed by atoms with Gasteiger partial charge >= 0.3 is 11.9 Å². The molecule has 2 aromatic rings. The van der Waals surface area contributed by atoms with Gasteiger partial charge in [0.2, 0.25) is 0 Å². The lowest BCUT2D eigenvalue weighted by molar-refractivity contribution is -0.385. The Kier molecular flexibility index (Phi) is 4.82. The fourth-order valence-electron chi connectivity index (χ4n) is 2.07. The van der Waals surface area contributed by atoms with E-state index in [0.717, 1.165) is 12.1 Å². The van der Waals surface area contributed by atoms with Crippen LogP contribution in [0.1, 0.15) is 26.3 Å². The molecule has 0 spiro atoms. The number of alkyl halides is 2. The second kappa shape index (κ2) is 6.54. The highest BCUT2D eigenvalue weighted by atomic mass is 19.3. The van der Waals surface area contributed by atoms with Gasteiger partial charge in [-0.3, -0.25) is 15.1 Å². The first kappa shape index (κ1) is 18.4. The van der Waals surface area contributed by atoms with Crippen molar-refractivity contribution in [3.63, 3.8) is 0 Å². The SMILES string of the molecule is CC(C)(C)OC(=O)C(F)(F)c1cc(-c2ccncc2)cc([N+](=O)[O-])c1. The van der Waals surface area contributed by atoms with Gasteiger partial charge in [-0.05, 0) is 50.1 Å². The highest BCUT2D eigenvalue weighted by molar-refractivity contribution is 5.81. The quantitative estimate of drug-likeness (QED) is 0.471. The summed E-state index contributed by atoms with van der Waals surface area (Å²) in [7, 11) is 0. The van der Waals surface area contributed by atoms with Crippen molar-refractivity contribution in [3.8, 4) is 11.1 Å². The topological polar surface area (TPSA) is 82.3 Å². The molecule has 25 heavy (non-hydrogen) atoms. The summed E-state index contributed by atoms with van der Waals surface area (Å²) in [5.74, 6) is -5.79. The zero-order valence-corrected chi connectivity index (χ0v) is 13.8. The average molecular weight is 350 g/mol. The van der Waals surface area contributed by atoms with Crippen molar-refractivity contribution in [1.82, 2.24) is 4.98 Å². The lowest BCUT2D eigenvalue weighted by atomic mass is 9.99. The Morgan fingerprint density at radius 1 is 1.12 bits per heavy atom. The third kappa shape index (κ3) is 4.34. The number of nitro benzene ring substituents is 1. The first-order chi connectivity index (χ1) is 11.5. The molecular formula is C17H16F2N2O4. The summed E-state index contributed by atoms with van der Waals surface area (Å²) in [6.45, 7) is 4.37. The monoisotopic (exact) mass is 350 g/mol. The van der Waals surface area contributed by atoms with Gasteiger partial charge in [0, 0.05) is 30.1 Å². The van der Waals surface area contributed by atoms with Gasteiger partial charge in [-0.25, -0.2) is 4.79 Å². The second-order valence-electron chi connectivity index (χ2n) is 6.34. The number of pyridine rings is 1. The fourth-order valence-corrected chi connectivity index (χ4v) is 2.07. The molecule has 0 bridgehead atoms. The Balaban J connectivity index is 2.55. The van der Waals surface area contributed by atoms with Crippen LogP contribution < -0.4 is 0 Å². The van der Waals surface area contributed by atoms with E-state index in [-0.39, 0.29) is 5.56 Å². The number of halogens is 2. The number of ether oxygens (including phenoxy) is 1. The predicted molar refractivity (Wildman–Crippen MR) is 86.1 cm³/mol. The number of benzene rings is 1. The molecule has 1 heterocycles. The van der Waals surface area contributed by atoms with Crippen LogP contribution in [0.4, 0.5) is 14.5 Å². The van der Waals surface area contributed by atoms with Gasteiger partial charge in [0.1, 0.15) is 5.60 Å². The summed E-state index contributed by atoms with van der Waals surface area (Å²) >= 11 is 0. The number of aromatic nitrogens is 1. The first-order valence-electron chi connectivity index (χ1n) is 7.32. The Morgan fingerprint density at radius 3 is 2.24 bits per heavy atom. The minimum Gasteiger partial charge on any atom is -0.455 e. The van der Waals surface area contributed by atoms with Gasteiger partial charge in [-0.1, -0.05) is 0 Å². The minimum atomic E-state index is -4.03. The van der Waals surface area contributed by atoms with Crippen LogP contribution in [0, 0.1) is 10.1 Å². The van der Waals surface area contributed by atoms with Gasteiger partial charge in [0.05, 0.1) is 4.92 Å². The Bertz CT molecular complexity index is 802. The molecule has 6 nitrogen and oxygen atoms in total. The fraction of sp³-hybridized carbons (Fsp3) is 0.294. The summed E-state index contributed by atoms with van der Waals surface area (Å²) in [6.07, 6.45) is 2.86. The first-order valence-corrected chi connectivity index (χ1v) is 7.32. The minimum absolute atomic E-state index is 0.176. The van der Waals surface area contributed by atoms with Crippen molar-refractivity contribution in [2.24, 2.45) is 0 Å². The Labute approximate surface area is 142 Å². The summed E-state index contributed by atoms with van der Waals surface area (Å²) < 4.78 is 33.8. The number of carbonyl (C=O) groups excluding carboxylic acids is 1. The summed E-state index contributed by atoms with van der Waals surface area (Å²) in [5, 5.41) is 11.1. The van der Waals surface area contributed by atoms with Crippen molar-refractivity contribution in [2.45, 2.75) is 32.3 Å². The largest absolute Gasteiger partial charge is 0.455 e. The van der Waals surface area contributed by atoms with E-state index in [0.29, 0.717) is 11.6 Å². The number of esters is 1. The van der Waals surface area contributed by atoms with Crippen molar-refractivity contribution in [2.75, 3.05) is 0 Å². The van der Waals surface area contributed by atoms with E-state index in [1.165, 1.54) is 45.3 Å². The molecule has 0 unspecified atom stereocenters. The van der Waals surface area contributed by atoms with E-state index in [1.807, 2.05) is 0 Å². The van der Waals surface area contributed by atoms with E-state index >= 15 is 0 Å². The van der Waals surface area contributed by atoms with Gasteiger partial charge in [0.15, 0.2) is 0 Å². The Hall–Kier alpha value is -2.90. The van der Waals surface area contributed by atoms with Crippen LogP contribution in [0.15, 0.2) is 42.7 Å². The molecule has 0 fully saturated rings. The molecule has 0 aliphatic carbocycles. The van der Waals surface area contributed by atoms with Gasteiger partial charge in [0.25, 0.3) is 5.69 Å². The smallest absolute Gasteiger partial charge is 0.382 e. The van der Waals surface area contributed by atoms with Crippen LogP contribution in [0.25, 0.3) is 11.1 Å². The molecule has 0 saturated heterocycles. The number of nitrogens with zero attached hydrogens (tertiary/aromatic N) is 2. The van der Waals surface area contributed by atoms with Gasteiger partial charge in [-0.2, -0.15) is 8.78 Å². The molecule has 1 aromatic carbocycles. The average Bonchev–Trinajstić information content (AvgIpc) is 2.53. The lowest BCUT2D eigenvalue weighted by Crippen LogP contribution is -2.35. The molecule has 2 rings (SSSR count). The maximum Gasteiger partial charge on any atom is 0.382 e. The van der Waals surface area contributed by atoms with Crippen molar-refractivity contribution < 1.29 is 23.2 Å². The molecule has 0 radical (unpaired) electrons. The third-order valence-corrected chi connectivity index (χ3v) is 3.16. The number of non-ortho nitro benzene ring substituents is 1. The highest BCUT2D eigenvalue weighted by Crippen LogP contribution is 2.36. The highest BCUT2D eigenvalue weighted by Gasteiger charge is 2.45. The van der Waals surface area contributed by atoms with E-state index in [9.17, 15) is 23.7 Å². The summed E-state index contributed by atoms with van der Waals surface area (Å²) in [4.78, 5) is 26.0. The van der Waals surface area contributed by atoms with E-state index in [1.54, 1.807) is 0 Å². The maximum absolute atomic E-state index is 14.5. The molecule has 0 amide bonds. The molecule has 0 N–H and O–H groups in total. The second-order valence-corrected chi connectivity index (χ2v) is 6.34. The molecular weight excluding hydrogens is 334 g/mol. The molecule has 0 aliphatic heterocycles. The predicted octanol–water partition coefficient (Wildman–Crippen LogP) is 4.09. The maximum atomic E-state index is 14.5. The van der Waals surface area contributed by atoms with Crippen LogP contribution in [0.2, 0.25) is 0 Å². The molecule has 0 saturated carbocycles. The molecule has 1 aromatic heterocycles. The van der Waals surface area contributed by atoms with E-state index in [2.05, 4.69) is 4.98 Å². The van der Waals surface area contributed by atoms with E-state index < -0.39 is 33.7 Å². The summed E-state index contributed by atoms with van der Waals surface area (Å²) in [5.41, 5.74) is -1.83. The van der Waals surface area contributed by atoms with Crippen LogP contribution in [-0.4, -0.2) is 21.5 Å². The van der Waals surface area contributed by atoms with Crippen LogP contribution in [0.5, 0.6) is 0 Å². The van der Waals surface area contributed by atoms with Crippen molar-refractivity contribution in [3.05, 3.63) is 58.4 Å². The number of nitro groups is 1. The van der Waals surface area contributed by atoms with Crippen molar-refractivity contribution in [1.29, 1.82) is 0 Å². The zero-order valence-electron chi connectivity index (χ0n) is 13.8.